The van der Waals surface area contributed by atoms with Crippen LogP contribution >= 0.6 is 0 Å². The van der Waals surface area contributed by atoms with Crippen molar-refractivity contribution < 1.29 is 13.5 Å². The second-order valence-electron chi connectivity index (χ2n) is 5.79. The molecule has 4 N–H and O–H groups in total. The van der Waals surface area contributed by atoms with Gasteiger partial charge in [0, 0.05) is 17.1 Å². The molecule has 1 fully saturated rings. The maximum absolute atomic E-state index is 11.4. The highest BCUT2D eigenvalue weighted by atomic mass is 32.2. The zero-order chi connectivity index (χ0) is 14.4. The van der Waals surface area contributed by atoms with E-state index in [1.54, 1.807) is 12.1 Å². The third-order valence-electron chi connectivity index (χ3n) is 4.08. The zero-order valence-corrected chi connectivity index (χ0v) is 12.2. The molecule has 2 unspecified atom stereocenters. The highest BCUT2D eigenvalue weighted by Gasteiger charge is 2.47. The number of nitrogens with one attached hydrogen (secondary N) is 1. The minimum atomic E-state index is -3.70. The summed E-state index contributed by atoms with van der Waals surface area (Å²) >= 11 is 0. The number of nitrogens with two attached hydrogens (primary N) is 1. The van der Waals surface area contributed by atoms with Crippen LogP contribution in [0.3, 0.4) is 0 Å². The van der Waals surface area contributed by atoms with Crippen molar-refractivity contribution in [1.82, 2.24) is 0 Å². The van der Waals surface area contributed by atoms with Gasteiger partial charge in [0.2, 0.25) is 10.0 Å². The first kappa shape index (κ1) is 14.3. The molecular weight excluding hydrogens is 264 g/mol. The molecule has 19 heavy (non-hydrogen) atoms. The molecule has 5 nitrogen and oxygen atoms in total. The van der Waals surface area contributed by atoms with Crippen molar-refractivity contribution in [2.75, 3.05) is 5.32 Å². The second-order valence-corrected chi connectivity index (χ2v) is 7.35. The number of anilines is 1. The number of aliphatic hydroxyl groups is 1. The van der Waals surface area contributed by atoms with Crippen LogP contribution in [-0.2, 0) is 10.0 Å². The molecule has 0 radical (unpaired) electrons. The van der Waals surface area contributed by atoms with E-state index >= 15 is 0 Å². The Morgan fingerprint density at radius 1 is 1.42 bits per heavy atom. The summed E-state index contributed by atoms with van der Waals surface area (Å²) in [5.41, 5.74) is 1.48. The monoisotopic (exact) mass is 284 g/mol. The predicted molar refractivity (Wildman–Crippen MR) is 74.4 cm³/mol. The third kappa shape index (κ3) is 2.61. The van der Waals surface area contributed by atoms with Gasteiger partial charge in [-0.25, -0.2) is 13.6 Å². The average molecular weight is 284 g/mol. The van der Waals surface area contributed by atoms with Crippen LogP contribution < -0.4 is 10.5 Å². The molecule has 0 heterocycles. The third-order valence-corrected chi connectivity index (χ3v) is 4.99. The van der Waals surface area contributed by atoms with Gasteiger partial charge in [0.05, 0.1) is 11.0 Å². The van der Waals surface area contributed by atoms with E-state index in [-0.39, 0.29) is 22.5 Å². The number of benzene rings is 1. The normalized spacial score (nSPS) is 25.7. The molecule has 0 aliphatic heterocycles. The quantitative estimate of drug-likeness (QED) is 0.778. The fourth-order valence-electron chi connectivity index (χ4n) is 2.27. The van der Waals surface area contributed by atoms with Crippen LogP contribution in [0.15, 0.2) is 23.1 Å². The lowest BCUT2D eigenvalue weighted by Gasteiger charge is -2.50. The number of aliphatic hydroxyl groups excluding tert-OH is 1. The van der Waals surface area contributed by atoms with Crippen LogP contribution in [0.1, 0.15) is 25.8 Å². The van der Waals surface area contributed by atoms with Crippen molar-refractivity contribution in [3.63, 3.8) is 0 Å². The Balaban J connectivity index is 2.26. The lowest BCUT2D eigenvalue weighted by Crippen LogP contribution is -2.57. The molecule has 2 rings (SSSR count). The molecule has 1 saturated carbocycles. The highest BCUT2D eigenvalue weighted by Crippen LogP contribution is 2.42. The van der Waals surface area contributed by atoms with Gasteiger partial charge in [-0.15, -0.1) is 0 Å². The van der Waals surface area contributed by atoms with Crippen molar-refractivity contribution >= 4 is 15.7 Å². The van der Waals surface area contributed by atoms with Crippen molar-refractivity contribution in [2.45, 2.75) is 44.2 Å². The molecular formula is C13H20N2O3S. The Labute approximate surface area is 113 Å². The van der Waals surface area contributed by atoms with E-state index in [0.29, 0.717) is 6.42 Å². The van der Waals surface area contributed by atoms with Gasteiger partial charge in [-0.05, 0) is 31.0 Å². The lowest BCUT2D eigenvalue weighted by molar-refractivity contribution is -0.0510. The molecule has 1 aliphatic rings. The van der Waals surface area contributed by atoms with E-state index in [1.807, 2.05) is 20.8 Å². The summed E-state index contributed by atoms with van der Waals surface area (Å²) in [5.74, 6) is 0. The van der Waals surface area contributed by atoms with Crippen LogP contribution in [0.25, 0.3) is 0 Å². The van der Waals surface area contributed by atoms with Crippen LogP contribution in [0.2, 0.25) is 0 Å². The van der Waals surface area contributed by atoms with Gasteiger partial charge in [0.1, 0.15) is 0 Å². The Bertz CT molecular complexity index is 596. The number of hydrogen-bond acceptors (Lipinski definition) is 4. The van der Waals surface area contributed by atoms with Gasteiger partial charge in [0.15, 0.2) is 0 Å². The Hall–Kier alpha value is -1.11. The number of sulfonamides is 1. The van der Waals surface area contributed by atoms with E-state index in [2.05, 4.69) is 5.32 Å². The summed E-state index contributed by atoms with van der Waals surface area (Å²) in [6, 6.07) is 4.89. The minimum Gasteiger partial charge on any atom is -0.392 e. The molecule has 0 saturated heterocycles. The summed E-state index contributed by atoms with van der Waals surface area (Å²) in [4.78, 5) is 0.0956. The zero-order valence-electron chi connectivity index (χ0n) is 11.3. The van der Waals surface area contributed by atoms with Crippen LogP contribution in [-0.4, -0.2) is 25.7 Å². The molecule has 1 aromatic carbocycles. The first-order valence-corrected chi connectivity index (χ1v) is 7.75. The Kier molecular flexibility index (Phi) is 3.36. The standard InChI is InChI=1S/C13H20N2O3S/c1-8-4-5-9(19(14,17)18)6-10(8)15-11-7-12(16)13(11,2)3/h4-6,11-12,15-16H,7H2,1-3H3,(H2,14,17,18). The molecule has 0 amide bonds. The van der Waals surface area contributed by atoms with Crippen LogP contribution in [0.5, 0.6) is 0 Å². The van der Waals surface area contributed by atoms with Crippen molar-refractivity contribution in [2.24, 2.45) is 10.6 Å². The van der Waals surface area contributed by atoms with Crippen molar-refractivity contribution in [3.05, 3.63) is 23.8 Å². The van der Waals surface area contributed by atoms with Gasteiger partial charge >= 0.3 is 0 Å². The van der Waals surface area contributed by atoms with Gasteiger partial charge in [-0.1, -0.05) is 19.9 Å². The van der Waals surface area contributed by atoms with Gasteiger partial charge in [-0.2, -0.15) is 0 Å². The molecule has 2 atom stereocenters. The number of hydrogen-bond donors (Lipinski definition) is 3. The van der Waals surface area contributed by atoms with Crippen molar-refractivity contribution in [1.29, 1.82) is 0 Å². The summed E-state index contributed by atoms with van der Waals surface area (Å²) in [5, 5.41) is 18.2. The van der Waals surface area contributed by atoms with E-state index < -0.39 is 10.0 Å². The molecule has 1 aromatic rings. The number of rotatable bonds is 3. The summed E-state index contributed by atoms with van der Waals surface area (Å²) in [6.45, 7) is 5.87. The number of aryl methyl sites for hydroxylation is 1. The lowest BCUT2D eigenvalue weighted by atomic mass is 9.64. The largest absolute Gasteiger partial charge is 0.392 e. The Morgan fingerprint density at radius 2 is 2.05 bits per heavy atom. The Morgan fingerprint density at radius 3 is 2.53 bits per heavy atom. The minimum absolute atomic E-state index is 0.0956. The predicted octanol–water partition coefficient (Wildman–Crippen LogP) is 1.21. The van der Waals surface area contributed by atoms with Crippen molar-refractivity contribution in [3.8, 4) is 0 Å². The molecule has 0 aromatic heterocycles. The summed E-state index contributed by atoms with van der Waals surface area (Å²) in [6.07, 6.45) is 0.332. The first-order chi connectivity index (χ1) is 8.62. The van der Waals surface area contributed by atoms with Gasteiger partial charge < -0.3 is 10.4 Å². The summed E-state index contributed by atoms with van der Waals surface area (Å²) < 4.78 is 22.7. The first-order valence-electron chi connectivity index (χ1n) is 6.20. The van der Waals surface area contributed by atoms with E-state index in [4.69, 9.17) is 5.14 Å². The van der Waals surface area contributed by atoms with Gasteiger partial charge in [-0.3, -0.25) is 0 Å². The number of primary sulfonamides is 1. The molecule has 6 heteroatoms. The van der Waals surface area contributed by atoms with Crippen LogP contribution in [0, 0.1) is 12.3 Å². The summed E-state index contributed by atoms with van der Waals surface area (Å²) in [7, 11) is -3.70. The fourth-order valence-corrected chi connectivity index (χ4v) is 2.81. The van der Waals surface area contributed by atoms with Gasteiger partial charge in [0.25, 0.3) is 0 Å². The maximum Gasteiger partial charge on any atom is 0.238 e. The maximum atomic E-state index is 11.4. The molecule has 0 spiro atoms. The topological polar surface area (TPSA) is 92.4 Å². The van der Waals surface area contributed by atoms with Crippen LogP contribution in [0.4, 0.5) is 5.69 Å². The van der Waals surface area contributed by atoms with E-state index in [1.165, 1.54) is 6.07 Å². The van der Waals surface area contributed by atoms with E-state index in [0.717, 1.165) is 11.3 Å². The highest BCUT2D eigenvalue weighted by molar-refractivity contribution is 7.89. The van der Waals surface area contributed by atoms with E-state index in [9.17, 15) is 13.5 Å². The molecule has 0 bridgehead atoms. The molecule has 106 valence electrons. The SMILES string of the molecule is Cc1ccc(S(N)(=O)=O)cc1NC1CC(O)C1(C)C. The fraction of sp³-hybridized carbons (Fsp3) is 0.538. The smallest absolute Gasteiger partial charge is 0.238 e. The second kappa shape index (κ2) is 4.47. The molecule has 1 aliphatic carbocycles. The average Bonchev–Trinajstić information content (AvgIpc) is 2.29.